The van der Waals surface area contributed by atoms with Crippen LogP contribution < -0.4 is 0 Å². The molecule has 0 aliphatic rings. The molecule has 82 valence electrons. The summed E-state index contributed by atoms with van der Waals surface area (Å²) in [6.07, 6.45) is 0. The Bertz CT molecular complexity index is 481. The zero-order valence-corrected chi connectivity index (χ0v) is 8.70. The fraction of sp³-hybridized carbons (Fsp3) is 0.200. The number of tetrazole rings is 1. The fourth-order valence-corrected chi connectivity index (χ4v) is 1.25. The van der Waals surface area contributed by atoms with Crippen molar-refractivity contribution in [3.8, 4) is 5.69 Å². The molecule has 2 rings (SSSR count). The summed E-state index contributed by atoms with van der Waals surface area (Å²) in [6.45, 7) is 2.02. The van der Waals surface area contributed by atoms with Crippen molar-refractivity contribution < 1.29 is 9.53 Å². The summed E-state index contributed by atoms with van der Waals surface area (Å²) in [4.78, 5) is 11.5. The van der Waals surface area contributed by atoms with Gasteiger partial charge in [-0.15, -0.1) is 5.10 Å². The molecule has 1 heterocycles. The molecule has 0 aliphatic carbocycles. The number of ether oxygens (including phenoxy) is 1. The highest BCUT2D eigenvalue weighted by Gasteiger charge is 2.17. The second-order valence-corrected chi connectivity index (χ2v) is 2.97. The van der Waals surface area contributed by atoms with Gasteiger partial charge in [-0.1, -0.05) is 18.2 Å². The first kappa shape index (κ1) is 10.3. The van der Waals surface area contributed by atoms with Gasteiger partial charge in [0.15, 0.2) is 0 Å². The van der Waals surface area contributed by atoms with Gasteiger partial charge in [-0.25, -0.2) is 4.79 Å². The van der Waals surface area contributed by atoms with Crippen LogP contribution in [0.4, 0.5) is 0 Å². The molecule has 0 fully saturated rings. The van der Waals surface area contributed by atoms with Gasteiger partial charge in [0.05, 0.1) is 12.3 Å². The zero-order chi connectivity index (χ0) is 11.4. The minimum atomic E-state index is -0.531. The second-order valence-electron chi connectivity index (χ2n) is 2.97. The average molecular weight is 218 g/mol. The van der Waals surface area contributed by atoms with Crippen LogP contribution in [0.3, 0.4) is 0 Å². The van der Waals surface area contributed by atoms with Crippen LogP contribution in [0.1, 0.15) is 17.5 Å². The standard InChI is InChI=1S/C10H10N4O2/c1-2-16-10(15)9-11-12-13-14(9)8-6-4-3-5-7-8/h3-7H,2H2,1H3. The summed E-state index contributed by atoms with van der Waals surface area (Å²) in [7, 11) is 0. The molecule has 0 spiro atoms. The van der Waals surface area contributed by atoms with Gasteiger partial charge in [0, 0.05) is 0 Å². The summed E-state index contributed by atoms with van der Waals surface area (Å²) < 4.78 is 6.19. The summed E-state index contributed by atoms with van der Waals surface area (Å²) in [5.74, 6) is -0.454. The number of benzene rings is 1. The van der Waals surface area contributed by atoms with Crippen molar-refractivity contribution in [3.05, 3.63) is 36.2 Å². The highest BCUT2D eigenvalue weighted by atomic mass is 16.5. The molecule has 0 atom stereocenters. The third-order valence-electron chi connectivity index (χ3n) is 1.93. The number of hydrogen-bond acceptors (Lipinski definition) is 5. The number of nitrogens with zero attached hydrogens (tertiary/aromatic N) is 4. The van der Waals surface area contributed by atoms with Gasteiger partial charge >= 0.3 is 5.97 Å². The van der Waals surface area contributed by atoms with E-state index in [4.69, 9.17) is 4.74 Å². The minimum absolute atomic E-state index is 0.0769. The van der Waals surface area contributed by atoms with Crippen molar-refractivity contribution in [3.63, 3.8) is 0 Å². The zero-order valence-electron chi connectivity index (χ0n) is 8.70. The van der Waals surface area contributed by atoms with Gasteiger partial charge in [-0.05, 0) is 29.5 Å². The first-order valence-electron chi connectivity index (χ1n) is 4.84. The smallest absolute Gasteiger partial charge is 0.378 e. The second kappa shape index (κ2) is 4.52. The number of carbonyl (C=O) groups excluding carboxylic acids is 1. The van der Waals surface area contributed by atoms with E-state index in [0.717, 1.165) is 5.69 Å². The molecule has 0 amide bonds. The number of aromatic nitrogens is 4. The minimum Gasteiger partial charge on any atom is -0.460 e. The number of carbonyl (C=O) groups is 1. The molecule has 1 aromatic heterocycles. The molecule has 0 radical (unpaired) electrons. The highest BCUT2D eigenvalue weighted by molar-refractivity contribution is 5.85. The van der Waals surface area contributed by atoms with E-state index in [1.54, 1.807) is 19.1 Å². The van der Waals surface area contributed by atoms with E-state index < -0.39 is 5.97 Å². The van der Waals surface area contributed by atoms with Gasteiger partial charge in [0.1, 0.15) is 0 Å². The van der Waals surface area contributed by atoms with Crippen LogP contribution in [-0.2, 0) is 4.74 Å². The molecule has 0 aliphatic heterocycles. The van der Waals surface area contributed by atoms with Gasteiger partial charge in [0.25, 0.3) is 5.82 Å². The van der Waals surface area contributed by atoms with E-state index in [9.17, 15) is 4.79 Å². The fourth-order valence-electron chi connectivity index (χ4n) is 1.25. The molecule has 0 saturated heterocycles. The number of rotatable bonds is 3. The summed E-state index contributed by atoms with van der Waals surface area (Å²) in [6, 6.07) is 9.16. The Labute approximate surface area is 91.8 Å². The van der Waals surface area contributed by atoms with Gasteiger partial charge in [-0.3, -0.25) is 0 Å². The lowest BCUT2D eigenvalue weighted by molar-refractivity contribution is 0.0508. The molecule has 1 aromatic carbocycles. The maximum absolute atomic E-state index is 11.5. The van der Waals surface area contributed by atoms with E-state index in [0.29, 0.717) is 6.61 Å². The highest BCUT2D eigenvalue weighted by Crippen LogP contribution is 2.07. The molecule has 6 heteroatoms. The lowest BCUT2D eigenvalue weighted by atomic mass is 10.3. The SMILES string of the molecule is CCOC(=O)c1nnnn1-c1ccccc1. The van der Waals surface area contributed by atoms with Crippen molar-refractivity contribution in [2.24, 2.45) is 0 Å². The normalized spacial score (nSPS) is 10.1. The number of esters is 1. The van der Waals surface area contributed by atoms with Gasteiger partial charge in [-0.2, -0.15) is 4.68 Å². The lowest BCUT2D eigenvalue weighted by Crippen LogP contribution is -2.13. The third kappa shape index (κ3) is 1.90. The van der Waals surface area contributed by atoms with E-state index in [1.807, 2.05) is 18.2 Å². The molecular formula is C10H10N4O2. The number of para-hydroxylation sites is 1. The Morgan fingerprint density at radius 3 is 2.81 bits per heavy atom. The van der Waals surface area contributed by atoms with Crippen LogP contribution in [0, 0.1) is 0 Å². The molecule has 0 bridgehead atoms. The Morgan fingerprint density at radius 1 is 1.38 bits per heavy atom. The summed E-state index contributed by atoms with van der Waals surface area (Å²) >= 11 is 0. The first-order valence-corrected chi connectivity index (χ1v) is 4.84. The largest absolute Gasteiger partial charge is 0.460 e. The number of hydrogen-bond donors (Lipinski definition) is 0. The Morgan fingerprint density at radius 2 is 2.12 bits per heavy atom. The molecule has 0 N–H and O–H groups in total. The molecule has 16 heavy (non-hydrogen) atoms. The monoisotopic (exact) mass is 218 g/mol. The van der Waals surface area contributed by atoms with E-state index in [-0.39, 0.29) is 5.82 Å². The van der Waals surface area contributed by atoms with Crippen LogP contribution >= 0.6 is 0 Å². The van der Waals surface area contributed by atoms with Crippen molar-refractivity contribution >= 4 is 5.97 Å². The topological polar surface area (TPSA) is 69.9 Å². The van der Waals surface area contributed by atoms with Crippen molar-refractivity contribution in [2.45, 2.75) is 6.92 Å². The summed E-state index contributed by atoms with van der Waals surface area (Å²) in [5, 5.41) is 10.8. The maximum Gasteiger partial charge on any atom is 0.378 e. The lowest BCUT2D eigenvalue weighted by Gasteiger charge is -2.03. The van der Waals surface area contributed by atoms with E-state index in [2.05, 4.69) is 15.5 Å². The van der Waals surface area contributed by atoms with E-state index in [1.165, 1.54) is 4.68 Å². The van der Waals surface area contributed by atoms with Crippen LogP contribution in [0.2, 0.25) is 0 Å². The van der Waals surface area contributed by atoms with E-state index >= 15 is 0 Å². The van der Waals surface area contributed by atoms with Gasteiger partial charge in [0.2, 0.25) is 0 Å². The van der Waals surface area contributed by atoms with Crippen molar-refractivity contribution in [1.82, 2.24) is 20.2 Å². The molecule has 0 saturated carbocycles. The van der Waals surface area contributed by atoms with Crippen molar-refractivity contribution in [2.75, 3.05) is 6.61 Å². The summed E-state index contributed by atoms with van der Waals surface area (Å²) in [5.41, 5.74) is 0.718. The predicted octanol–water partition coefficient (Wildman–Crippen LogP) is 0.839. The first-order chi connectivity index (χ1) is 7.83. The van der Waals surface area contributed by atoms with Crippen LogP contribution in [0.15, 0.2) is 30.3 Å². The Kier molecular flexibility index (Phi) is 2.90. The molecule has 2 aromatic rings. The maximum atomic E-state index is 11.5. The Balaban J connectivity index is 2.37. The third-order valence-corrected chi connectivity index (χ3v) is 1.93. The predicted molar refractivity (Wildman–Crippen MR) is 55.1 cm³/mol. The molecule has 0 unspecified atom stereocenters. The average Bonchev–Trinajstić information content (AvgIpc) is 2.79. The quantitative estimate of drug-likeness (QED) is 0.714. The van der Waals surface area contributed by atoms with Crippen LogP contribution in [0.5, 0.6) is 0 Å². The van der Waals surface area contributed by atoms with Crippen molar-refractivity contribution in [1.29, 1.82) is 0 Å². The molecular weight excluding hydrogens is 208 g/mol. The molecule has 6 nitrogen and oxygen atoms in total. The Hall–Kier alpha value is -2.24. The van der Waals surface area contributed by atoms with Crippen LogP contribution in [0.25, 0.3) is 5.69 Å². The van der Waals surface area contributed by atoms with Gasteiger partial charge < -0.3 is 4.74 Å². The van der Waals surface area contributed by atoms with Crippen LogP contribution in [-0.4, -0.2) is 32.8 Å².